The van der Waals surface area contributed by atoms with Gasteiger partial charge in [0.1, 0.15) is 5.65 Å². The first-order valence-corrected chi connectivity index (χ1v) is 11.7. The summed E-state index contributed by atoms with van der Waals surface area (Å²) in [4.78, 5) is 4.99. The molecule has 4 rings (SSSR count). The van der Waals surface area contributed by atoms with Crippen molar-refractivity contribution in [3.8, 4) is 0 Å². The molecule has 1 aromatic carbocycles. The van der Waals surface area contributed by atoms with E-state index in [2.05, 4.69) is 34.8 Å². The molecule has 0 atom stereocenters. The highest BCUT2D eigenvalue weighted by molar-refractivity contribution is 7.89. The number of aryl methyl sites for hydroxylation is 2. The van der Waals surface area contributed by atoms with Crippen molar-refractivity contribution in [1.82, 2.24) is 13.9 Å². The Labute approximate surface area is 172 Å². The second kappa shape index (κ2) is 8.13. The number of fused-ring (bicyclic) bond motifs is 1. The highest BCUT2D eigenvalue weighted by atomic mass is 32.2. The first-order valence-electron chi connectivity index (χ1n) is 10.3. The van der Waals surface area contributed by atoms with Gasteiger partial charge in [-0.05, 0) is 48.6 Å². The maximum absolute atomic E-state index is 13.2. The molecular weight excluding hydrogens is 382 g/mol. The molecule has 29 heavy (non-hydrogen) atoms. The van der Waals surface area contributed by atoms with Crippen LogP contribution in [-0.2, 0) is 23.0 Å². The minimum Gasteiger partial charge on any atom is -0.332 e. The Morgan fingerprint density at radius 2 is 1.93 bits per heavy atom. The van der Waals surface area contributed by atoms with Gasteiger partial charge < -0.3 is 4.57 Å². The molecule has 152 valence electrons. The largest absolute Gasteiger partial charge is 0.332 e. The summed E-state index contributed by atoms with van der Waals surface area (Å²) in [5, 5.41) is 1.14. The van der Waals surface area contributed by atoms with Crippen molar-refractivity contribution >= 4 is 26.6 Å². The summed E-state index contributed by atoms with van der Waals surface area (Å²) in [7, 11) is -3.49. The van der Waals surface area contributed by atoms with Crippen molar-refractivity contribution in [2.75, 3.05) is 13.1 Å². The number of nitrogens with zero attached hydrogens (tertiary/aromatic N) is 3. The predicted molar refractivity (Wildman–Crippen MR) is 117 cm³/mol. The fourth-order valence-corrected chi connectivity index (χ4v) is 5.76. The summed E-state index contributed by atoms with van der Waals surface area (Å²) in [5.74, 6) is 0. The Morgan fingerprint density at radius 3 is 2.66 bits per heavy atom. The molecule has 0 N–H and O–H groups in total. The Morgan fingerprint density at radius 1 is 1.10 bits per heavy atom. The van der Waals surface area contributed by atoms with Crippen molar-refractivity contribution in [3.63, 3.8) is 0 Å². The van der Waals surface area contributed by atoms with Crippen LogP contribution in [0.2, 0.25) is 0 Å². The van der Waals surface area contributed by atoms with E-state index in [1.165, 1.54) is 11.1 Å². The predicted octanol–water partition coefficient (Wildman–Crippen LogP) is 4.49. The van der Waals surface area contributed by atoms with Gasteiger partial charge in [-0.2, -0.15) is 4.31 Å². The van der Waals surface area contributed by atoms with Gasteiger partial charge in [-0.1, -0.05) is 38.1 Å². The Kier molecular flexibility index (Phi) is 5.56. The van der Waals surface area contributed by atoms with Crippen molar-refractivity contribution < 1.29 is 8.42 Å². The van der Waals surface area contributed by atoms with Gasteiger partial charge in [0.05, 0.1) is 4.90 Å². The highest BCUT2D eigenvalue weighted by Gasteiger charge is 2.28. The van der Waals surface area contributed by atoms with Gasteiger partial charge in [-0.3, -0.25) is 0 Å². The molecule has 0 saturated heterocycles. The van der Waals surface area contributed by atoms with E-state index < -0.39 is 10.0 Å². The number of rotatable bonds is 6. The number of benzene rings is 1. The second-order valence-electron chi connectivity index (χ2n) is 7.41. The smallest absolute Gasteiger partial charge is 0.243 e. The molecule has 3 heterocycles. The highest BCUT2D eigenvalue weighted by Crippen LogP contribution is 2.32. The molecule has 2 aromatic heterocycles. The molecule has 3 aromatic rings. The minimum atomic E-state index is -3.49. The summed E-state index contributed by atoms with van der Waals surface area (Å²) in [6.07, 6.45) is 8.51. The zero-order valence-electron chi connectivity index (χ0n) is 17.0. The first-order chi connectivity index (χ1) is 14.1. The lowest BCUT2D eigenvalue weighted by molar-refractivity contribution is 0.440. The van der Waals surface area contributed by atoms with Gasteiger partial charge in [0.15, 0.2) is 0 Å². The Bertz CT molecular complexity index is 1160. The van der Waals surface area contributed by atoms with Gasteiger partial charge in [0.2, 0.25) is 10.0 Å². The van der Waals surface area contributed by atoms with E-state index in [9.17, 15) is 8.42 Å². The number of hydrogen-bond donors (Lipinski definition) is 0. The van der Waals surface area contributed by atoms with Crippen LogP contribution in [0.15, 0.2) is 59.8 Å². The monoisotopic (exact) mass is 409 g/mol. The maximum atomic E-state index is 13.2. The van der Waals surface area contributed by atoms with Crippen LogP contribution in [-0.4, -0.2) is 35.4 Å². The van der Waals surface area contributed by atoms with Gasteiger partial charge in [-0.25, -0.2) is 13.4 Å². The molecule has 0 fully saturated rings. The molecule has 0 spiro atoms. The fraction of sp³-hybridized carbons (Fsp3) is 0.348. The Balaban J connectivity index is 1.65. The van der Waals surface area contributed by atoms with E-state index in [1.54, 1.807) is 16.4 Å². The molecule has 1 aliphatic rings. The minimum absolute atomic E-state index is 0.399. The van der Waals surface area contributed by atoms with E-state index in [-0.39, 0.29) is 0 Å². The molecule has 1 aliphatic heterocycles. The lowest BCUT2D eigenvalue weighted by Crippen LogP contribution is -2.35. The number of sulfonamides is 1. The zero-order valence-corrected chi connectivity index (χ0v) is 17.8. The molecule has 5 nitrogen and oxygen atoms in total. The van der Waals surface area contributed by atoms with E-state index in [0.29, 0.717) is 30.8 Å². The third-order valence-corrected chi connectivity index (χ3v) is 7.55. The summed E-state index contributed by atoms with van der Waals surface area (Å²) in [6, 6.07) is 11.4. The van der Waals surface area contributed by atoms with Crippen LogP contribution in [0.25, 0.3) is 16.6 Å². The maximum Gasteiger partial charge on any atom is 0.243 e. The molecule has 0 saturated carbocycles. The quantitative estimate of drug-likeness (QED) is 0.603. The van der Waals surface area contributed by atoms with Crippen LogP contribution in [0, 0.1) is 0 Å². The summed E-state index contributed by atoms with van der Waals surface area (Å²) >= 11 is 0. The molecule has 0 unspecified atom stereocenters. The molecule has 0 aliphatic carbocycles. The van der Waals surface area contributed by atoms with E-state index >= 15 is 0 Å². The van der Waals surface area contributed by atoms with Gasteiger partial charge in [0, 0.05) is 43.0 Å². The topological polar surface area (TPSA) is 55.2 Å². The van der Waals surface area contributed by atoms with E-state index in [0.717, 1.165) is 29.6 Å². The lowest BCUT2D eigenvalue weighted by Gasteiger charge is -2.26. The van der Waals surface area contributed by atoms with Crippen molar-refractivity contribution in [2.24, 2.45) is 0 Å². The average molecular weight is 410 g/mol. The standard InChI is InChI=1S/C23H27N3O2S/c1-3-14-25-17-21(20-9-7-13-24-23(20)25)19-11-15-26(16-12-19)29(27,28)22-10-6-5-8-18(22)4-2/h5-11,13,17H,3-4,12,14-16H2,1-2H3. The first kappa shape index (κ1) is 19.9. The van der Waals surface area contributed by atoms with Gasteiger partial charge >= 0.3 is 0 Å². The SMILES string of the molecule is CCCn1cc(C2=CCN(S(=O)(=O)c3ccccc3CC)CC2)c2cccnc21. The zero-order chi connectivity index (χ0) is 20.4. The number of hydrogen-bond acceptors (Lipinski definition) is 3. The molecular formula is C23H27N3O2S. The van der Waals surface area contributed by atoms with Crippen molar-refractivity contribution in [2.45, 2.75) is 44.6 Å². The van der Waals surface area contributed by atoms with Gasteiger partial charge in [-0.15, -0.1) is 0 Å². The average Bonchev–Trinajstić information content (AvgIpc) is 3.13. The molecule has 0 amide bonds. The summed E-state index contributed by atoms with van der Waals surface area (Å²) < 4.78 is 30.2. The van der Waals surface area contributed by atoms with Crippen LogP contribution in [0.4, 0.5) is 0 Å². The van der Waals surface area contributed by atoms with Crippen LogP contribution < -0.4 is 0 Å². The van der Waals surface area contributed by atoms with Crippen LogP contribution >= 0.6 is 0 Å². The third kappa shape index (κ3) is 3.63. The Hall–Kier alpha value is -2.44. The normalized spacial score (nSPS) is 15.6. The van der Waals surface area contributed by atoms with Crippen LogP contribution in [0.5, 0.6) is 0 Å². The molecule has 0 radical (unpaired) electrons. The van der Waals surface area contributed by atoms with E-state index in [4.69, 9.17) is 0 Å². The van der Waals surface area contributed by atoms with Gasteiger partial charge in [0.25, 0.3) is 0 Å². The summed E-state index contributed by atoms with van der Waals surface area (Å²) in [6.45, 7) is 5.96. The summed E-state index contributed by atoms with van der Waals surface area (Å²) in [5.41, 5.74) is 4.24. The number of aromatic nitrogens is 2. The number of pyridine rings is 1. The molecule has 6 heteroatoms. The van der Waals surface area contributed by atoms with Crippen LogP contribution in [0.1, 0.15) is 37.8 Å². The van der Waals surface area contributed by atoms with E-state index in [1.807, 2.05) is 31.3 Å². The lowest BCUT2D eigenvalue weighted by atomic mass is 10.0. The van der Waals surface area contributed by atoms with Crippen LogP contribution in [0.3, 0.4) is 0 Å². The van der Waals surface area contributed by atoms with Crippen molar-refractivity contribution in [1.29, 1.82) is 0 Å². The van der Waals surface area contributed by atoms with Crippen molar-refractivity contribution in [3.05, 3.63) is 66.0 Å². The fourth-order valence-electron chi connectivity index (χ4n) is 4.09. The third-order valence-electron chi connectivity index (χ3n) is 5.59. The second-order valence-corrected chi connectivity index (χ2v) is 9.32. The molecule has 0 bridgehead atoms.